The Morgan fingerprint density at radius 3 is 2.81 bits per heavy atom. The monoisotopic (exact) mass is 284 g/mol. The van der Waals surface area contributed by atoms with Crippen molar-refractivity contribution in [3.8, 4) is 0 Å². The van der Waals surface area contributed by atoms with Crippen molar-refractivity contribution in [3.05, 3.63) is 65.0 Å². The Morgan fingerprint density at radius 1 is 1.29 bits per heavy atom. The summed E-state index contributed by atoms with van der Waals surface area (Å²) in [5, 5.41) is 3.35. The van der Waals surface area contributed by atoms with Crippen LogP contribution in [-0.2, 0) is 17.7 Å². The Labute approximate surface area is 125 Å². The van der Waals surface area contributed by atoms with Crippen molar-refractivity contribution in [1.82, 2.24) is 10.3 Å². The van der Waals surface area contributed by atoms with Gasteiger partial charge in [0, 0.05) is 12.7 Å². The molecule has 0 aliphatic rings. The molecule has 0 radical (unpaired) electrons. The summed E-state index contributed by atoms with van der Waals surface area (Å²) in [6.07, 6.45) is 2.53. The molecule has 21 heavy (non-hydrogen) atoms. The van der Waals surface area contributed by atoms with Crippen LogP contribution in [0.1, 0.15) is 27.2 Å². The molecule has 4 heteroatoms. The van der Waals surface area contributed by atoms with Crippen molar-refractivity contribution < 1.29 is 9.53 Å². The zero-order valence-electron chi connectivity index (χ0n) is 12.4. The van der Waals surface area contributed by atoms with Crippen LogP contribution in [0.5, 0.6) is 0 Å². The number of esters is 1. The van der Waals surface area contributed by atoms with Crippen molar-refractivity contribution in [3.63, 3.8) is 0 Å². The first kappa shape index (κ1) is 15.2. The molecule has 0 atom stereocenters. The highest BCUT2D eigenvalue weighted by atomic mass is 16.5. The molecule has 0 unspecified atom stereocenters. The van der Waals surface area contributed by atoms with Crippen LogP contribution in [0.4, 0.5) is 0 Å². The van der Waals surface area contributed by atoms with E-state index in [4.69, 9.17) is 0 Å². The summed E-state index contributed by atoms with van der Waals surface area (Å²) >= 11 is 0. The number of hydrogen-bond donors (Lipinski definition) is 1. The first-order chi connectivity index (χ1) is 10.2. The van der Waals surface area contributed by atoms with E-state index in [1.807, 2.05) is 6.07 Å². The Balaban J connectivity index is 1.77. The third-order valence-corrected chi connectivity index (χ3v) is 3.22. The Kier molecular flexibility index (Phi) is 5.46. The minimum absolute atomic E-state index is 0.360. The number of nitrogens with zero attached hydrogens (tertiary/aromatic N) is 1. The number of carbonyl (C=O) groups is 1. The second-order valence-electron chi connectivity index (χ2n) is 4.95. The first-order valence-corrected chi connectivity index (χ1v) is 6.98. The molecule has 2 aromatic rings. The maximum atomic E-state index is 11.3. The van der Waals surface area contributed by atoms with Gasteiger partial charge >= 0.3 is 5.97 Å². The molecule has 0 spiro atoms. The van der Waals surface area contributed by atoms with E-state index in [2.05, 4.69) is 46.2 Å². The van der Waals surface area contributed by atoms with Gasteiger partial charge in [0.2, 0.25) is 0 Å². The molecule has 1 heterocycles. The summed E-state index contributed by atoms with van der Waals surface area (Å²) in [4.78, 5) is 15.5. The van der Waals surface area contributed by atoms with Crippen molar-refractivity contribution in [2.24, 2.45) is 0 Å². The van der Waals surface area contributed by atoms with Gasteiger partial charge in [-0.3, -0.25) is 4.98 Å². The largest absolute Gasteiger partial charge is 0.465 e. The number of aromatic nitrogens is 1. The van der Waals surface area contributed by atoms with Crippen molar-refractivity contribution in [2.45, 2.75) is 19.9 Å². The molecular weight excluding hydrogens is 264 g/mol. The van der Waals surface area contributed by atoms with Gasteiger partial charge in [0.05, 0.1) is 18.4 Å². The van der Waals surface area contributed by atoms with E-state index in [9.17, 15) is 4.79 Å². The summed E-state index contributed by atoms with van der Waals surface area (Å²) in [5.74, 6) is -0.360. The smallest absolute Gasteiger partial charge is 0.339 e. The number of hydrogen-bond acceptors (Lipinski definition) is 4. The zero-order chi connectivity index (χ0) is 15.1. The fourth-order valence-electron chi connectivity index (χ4n) is 2.08. The highest BCUT2D eigenvalue weighted by Gasteiger charge is 2.05. The van der Waals surface area contributed by atoms with Crippen molar-refractivity contribution in [2.75, 3.05) is 13.7 Å². The number of pyridine rings is 1. The maximum Gasteiger partial charge on any atom is 0.339 e. The Morgan fingerprint density at radius 2 is 2.14 bits per heavy atom. The van der Waals surface area contributed by atoms with E-state index in [1.54, 1.807) is 12.3 Å². The van der Waals surface area contributed by atoms with E-state index in [0.717, 1.165) is 18.7 Å². The predicted octanol–water partition coefficient (Wildman–Crippen LogP) is 2.51. The highest BCUT2D eigenvalue weighted by Crippen LogP contribution is 2.05. The van der Waals surface area contributed by atoms with E-state index >= 15 is 0 Å². The van der Waals surface area contributed by atoms with Crippen LogP contribution in [0.2, 0.25) is 0 Å². The van der Waals surface area contributed by atoms with Gasteiger partial charge in [0.25, 0.3) is 0 Å². The van der Waals surface area contributed by atoms with Crippen LogP contribution in [0.15, 0.2) is 42.6 Å². The Bertz CT molecular complexity index is 594. The molecule has 1 aromatic carbocycles. The number of methoxy groups -OCH3 is 1. The van der Waals surface area contributed by atoms with Crippen LogP contribution >= 0.6 is 0 Å². The van der Waals surface area contributed by atoms with E-state index in [-0.39, 0.29) is 5.97 Å². The normalized spacial score (nSPS) is 10.4. The van der Waals surface area contributed by atoms with Crippen molar-refractivity contribution in [1.29, 1.82) is 0 Å². The number of carbonyl (C=O) groups excluding carboxylic acids is 1. The average molecular weight is 284 g/mol. The summed E-state index contributed by atoms with van der Waals surface area (Å²) in [5.41, 5.74) is 4.00. The number of nitrogens with one attached hydrogen (secondary N) is 1. The second-order valence-corrected chi connectivity index (χ2v) is 4.95. The SMILES string of the molecule is COC(=O)c1ccc(CNCCc2cccc(C)c2)nc1. The molecule has 110 valence electrons. The van der Waals surface area contributed by atoms with Crippen LogP contribution in [0.25, 0.3) is 0 Å². The molecule has 0 saturated heterocycles. The molecule has 0 aliphatic carbocycles. The lowest BCUT2D eigenvalue weighted by Gasteiger charge is -2.06. The third kappa shape index (κ3) is 4.68. The maximum absolute atomic E-state index is 11.3. The fraction of sp³-hybridized carbons (Fsp3) is 0.294. The Hall–Kier alpha value is -2.20. The molecule has 4 nitrogen and oxygen atoms in total. The number of aryl methyl sites for hydroxylation is 1. The van der Waals surface area contributed by atoms with Gasteiger partial charge in [-0.25, -0.2) is 4.79 Å². The first-order valence-electron chi connectivity index (χ1n) is 6.98. The minimum atomic E-state index is -0.360. The quantitative estimate of drug-likeness (QED) is 0.654. The van der Waals surface area contributed by atoms with Gasteiger partial charge in [-0.1, -0.05) is 29.8 Å². The molecule has 0 amide bonds. The van der Waals surface area contributed by atoms with Crippen LogP contribution < -0.4 is 5.32 Å². The lowest BCUT2D eigenvalue weighted by atomic mass is 10.1. The van der Waals surface area contributed by atoms with E-state index in [1.165, 1.54) is 18.2 Å². The summed E-state index contributed by atoms with van der Waals surface area (Å²) in [7, 11) is 1.36. The van der Waals surface area contributed by atoms with Gasteiger partial charge in [0.1, 0.15) is 0 Å². The molecule has 1 N–H and O–H groups in total. The third-order valence-electron chi connectivity index (χ3n) is 3.22. The second kappa shape index (κ2) is 7.55. The van der Waals surface area contributed by atoms with Gasteiger partial charge in [0.15, 0.2) is 0 Å². The lowest BCUT2D eigenvalue weighted by molar-refractivity contribution is 0.0600. The van der Waals surface area contributed by atoms with Crippen LogP contribution in [0, 0.1) is 6.92 Å². The average Bonchev–Trinajstić information content (AvgIpc) is 2.51. The van der Waals surface area contributed by atoms with E-state index < -0.39 is 0 Å². The molecule has 1 aromatic heterocycles. The van der Waals surface area contributed by atoms with Crippen LogP contribution in [0.3, 0.4) is 0 Å². The lowest BCUT2D eigenvalue weighted by Crippen LogP contribution is -2.17. The minimum Gasteiger partial charge on any atom is -0.465 e. The van der Waals surface area contributed by atoms with Gasteiger partial charge in [-0.2, -0.15) is 0 Å². The number of rotatable bonds is 6. The molecule has 0 aliphatic heterocycles. The molecular formula is C17H20N2O2. The predicted molar refractivity (Wildman–Crippen MR) is 82.2 cm³/mol. The molecule has 0 saturated carbocycles. The molecule has 2 rings (SSSR count). The fourth-order valence-corrected chi connectivity index (χ4v) is 2.08. The number of benzene rings is 1. The zero-order valence-corrected chi connectivity index (χ0v) is 12.4. The highest BCUT2D eigenvalue weighted by molar-refractivity contribution is 5.88. The molecule has 0 bridgehead atoms. The summed E-state index contributed by atoms with van der Waals surface area (Å²) < 4.78 is 4.64. The van der Waals surface area contributed by atoms with E-state index in [0.29, 0.717) is 12.1 Å². The van der Waals surface area contributed by atoms with Gasteiger partial charge in [-0.15, -0.1) is 0 Å². The van der Waals surface area contributed by atoms with Gasteiger partial charge in [-0.05, 0) is 37.6 Å². The van der Waals surface area contributed by atoms with Gasteiger partial charge < -0.3 is 10.1 Å². The number of ether oxygens (including phenoxy) is 1. The van der Waals surface area contributed by atoms with Crippen LogP contribution in [-0.4, -0.2) is 24.6 Å². The topological polar surface area (TPSA) is 51.2 Å². The standard InChI is InChI=1S/C17H20N2O2/c1-13-4-3-5-14(10-13)8-9-18-12-16-7-6-15(11-19-16)17(20)21-2/h3-7,10-11,18H,8-9,12H2,1-2H3. The van der Waals surface area contributed by atoms with Crippen molar-refractivity contribution >= 4 is 5.97 Å². The summed E-state index contributed by atoms with van der Waals surface area (Å²) in [6, 6.07) is 12.1. The molecule has 0 fully saturated rings. The summed E-state index contributed by atoms with van der Waals surface area (Å²) in [6.45, 7) is 3.68.